The summed E-state index contributed by atoms with van der Waals surface area (Å²) in [6.07, 6.45) is 5.42. The van der Waals surface area contributed by atoms with Gasteiger partial charge in [0.25, 0.3) is 0 Å². The van der Waals surface area contributed by atoms with E-state index in [1.54, 1.807) is 0 Å². The van der Waals surface area contributed by atoms with Crippen LogP contribution in [0.1, 0.15) is 12.5 Å². The third kappa shape index (κ3) is 5.27. The van der Waals surface area contributed by atoms with Crippen LogP contribution in [-0.2, 0) is 6.42 Å². The molecule has 0 atom stereocenters. The second-order valence-electron chi connectivity index (χ2n) is 13.2. The van der Waals surface area contributed by atoms with Gasteiger partial charge in [-0.05, 0) is 118 Å². The van der Waals surface area contributed by atoms with E-state index >= 15 is 0 Å². The number of hydrogen-bond donors (Lipinski definition) is 0. The van der Waals surface area contributed by atoms with Crippen molar-refractivity contribution >= 4 is 55.2 Å². The third-order valence-corrected chi connectivity index (χ3v) is 10.2. The second kappa shape index (κ2) is 12.7. The van der Waals surface area contributed by atoms with Crippen molar-refractivity contribution in [2.45, 2.75) is 13.3 Å². The van der Waals surface area contributed by atoms with Gasteiger partial charge in [-0.3, -0.25) is 0 Å². The van der Waals surface area contributed by atoms with E-state index in [2.05, 4.69) is 195 Å². The minimum absolute atomic E-state index is 0.904. The van der Waals surface area contributed by atoms with Gasteiger partial charge in [0, 0.05) is 0 Å². The summed E-state index contributed by atoms with van der Waals surface area (Å²) >= 11 is 0. The SMILES string of the molecule is C/C=c1/cccc/c1=C/Cc1ccc2cc(-c3c4ccccc4c(-c4cccc(-c5cccc6ccccc56)c4)c4ccccc34)ccc2c1. The zero-order chi connectivity index (χ0) is 33.4. The molecule has 0 nitrogen and oxygen atoms in total. The first-order chi connectivity index (χ1) is 24.7. The highest BCUT2D eigenvalue weighted by Gasteiger charge is 2.17. The minimum atomic E-state index is 0.904. The largest absolute Gasteiger partial charge is 0.0798 e. The molecule has 0 aliphatic heterocycles. The summed E-state index contributed by atoms with van der Waals surface area (Å²) in [6.45, 7) is 2.10. The van der Waals surface area contributed by atoms with Crippen LogP contribution in [0.2, 0.25) is 0 Å². The molecule has 50 heavy (non-hydrogen) atoms. The first-order valence-electron chi connectivity index (χ1n) is 17.5. The quantitative estimate of drug-likeness (QED) is 0.165. The van der Waals surface area contributed by atoms with Gasteiger partial charge in [0.2, 0.25) is 0 Å². The Morgan fingerprint density at radius 1 is 0.380 bits per heavy atom. The van der Waals surface area contributed by atoms with Gasteiger partial charge in [0.15, 0.2) is 0 Å². The molecular weight excluding hydrogens is 601 g/mol. The molecule has 0 aliphatic carbocycles. The lowest BCUT2D eigenvalue weighted by Crippen LogP contribution is -2.23. The van der Waals surface area contributed by atoms with E-state index in [1.807, 2.05) is 0 Å². The molecule has 0 N–H and O–H groups in total. The molecule has 0 aliphatic rings. The number of rotatable bonds is 5. The average Bonchev–Trinajstić information content (AvgIpc) is 3.18. The third-order valence-electron chi connectivity index (χ3n) is 10.2. The molecular formula is C50H36. The predicted octanol–water partition coefficient (Wildman–Crippen LogP) is 12.1. The molecule has 0 heterocycles. The maximum atomic E-state index is 2.37. The Hall–Kier alpha value is -6.24. The van der Waals surface area contributed by atoms with Crippen LogP contribution < -0.4 is 10.4 Å². The van der Waals surface area contributed by atoms with Crippen LogP contribution in [0.25, 0.3) is 88.6 Å². The zero-order valence-corrected chi connectivity index (χ0v) is 28.1. The first-order valence-corrected chi connectivity index (χ1v) is 17.5. The zero-order valence-electron chi connectivity index (χ0n) is 28.1. The summed E-state index contributed by atoms with van der Waals surface area (Å²) in [6, 6.07) is 64.7. The molecule has 0 amide bonds. The molecule has 236 valence electrons. The van der Waals surface area contributed by atoms with Crippen LogP contribution in [0.5, 0.6) is 0 Å². The van der Waals surface area contributed by atoms with E-state index < -0.39 is 0 Å². The monoisotopic (exact) mass is 636 g/mol. The van der Waals surface area contributed by atoms with Gasteiger partial charge in [-0.15, -0.1) is 0 Å². The highest BCUT2D eigenvalue weighted by molar-refractivity contribution is 6.22. The van der Waals surface area contributed by atoms with Crippen molar-refractivity contribution in [3.05, 3.63) is 192 Å². The normalized spacial score (nSPS) is 12.4. The second-order valence-corrected chi connectivity index (χ2v) is 13.2. The lowest BCUT2D eigenvalue weighted by Gasteiger charge is -2.18. The number of hydrogen-bond acceptors (Lipinski definition) is 0. The van der Waals surface area contributed by atoms with E-state index in [0.717, 1.165) is 6.42 Å². The fourth-order valence-electron chi connectivity index (χ4n) is 7.83. The Bertz CT molecular complexity index is 2790. The first kappa shape index (κ1) is 29.9. The highest BCUT2D eigenvalue weighted by Crippen LogP contribution is 2.45. The molecule has 0 spiro atoms. The van der Waals surface area contributed by atoms with E-state index in [9.17, 15) is 0 Å². The van der Waals surface area contributed by atoms with E-state index in [4.69, 9.17) is 0 Å². The van der Waals surface area contributed by atoms with Crippen LogP contribution in [0.15, 0.2) is 176 Å². The molecule has 0 fully saturated rings. The van der Waals surface area contributed by atoms with E-state index in [1.165, 1.54) is 92.5 Å². The van der Waals surface area contributed by atoms with Crippen molar-refractivity contribution < 1.29 is 0 Å². The Kier molecular flexibility index (Phi) is 7.56. The van der Waals surface area contributed by atoms with Crippen LogP contribution in [0, 0.1) is 0 Å². The molecule has 0 heteroatoms. The van der Waals surface area contributed by atoms with Crippen molar-refractivity contribution in [1.29, 1.82) is 0 Å². The van der Waals surface area contributed by atoms with Crippen LogP contribution in [-0.4, -0.2) is 0 Å². The molecule has 0 bridgehead atoms. The molecule has 0 saturated heterocycles. The fraction of sp³-hybridized carbons (Fsp3) is 0.0400. The van der Waals surface area contributed by atoms with Crippen LogP contribution in [0.3, 0.4) is 0 Å². The van der Waals surface area contributed by atoms with Gasteiger partial charge < -0.3 is 0 Å². The lowest BCUT2D eigenvalue weighted by molar-refractivity contribution is 1.33. The Morgan fingerprint density at radius 3 is 1.64 bits per heavy atom. The lowest BCUT2D eigenvalue weighted by atomic mass is 9.85. The standard InChI is InChI=1S/C50H36/c1-2-35-13-3-4-14-36(35)27-25-34-26-28-39-32-42(30-29-38(39)31-34)50-47-22-9-7-20-45(47)49(46-21-8-10-23-48(46)50)41-18-11-17-40(33-41)44-24-12-16-37-15-5-6-19-43(37)44/h2-24,26-33H,25H2,1H3/b35-2-,36-27-. The predicted molar refractivity (Wildman–Crippen MR) is 217 cm³/mol. The topological polar surface area (TPSA) is 0 Å². The molecule has 9 aromatic carbocycles. The Labute approximate surface area is 292 Å². The average molecular weight is 637 g/mol. The minimum Gasteiger partial charge on any atom is -0.0798 e. The van der Waals surface area contributed by atoms with Crippen molar-refractivity contribution in [3.8, 4) is 33.4 Å². The van der Waals surface area contributed by atoms with Gasteiger partial charge in [-0.2, -0.15) is 0 Å². The van der Waals surface area contributed by atoms with Gasteiger partial charge in [0.1, 0.15) is 0 Å². The van der Waals surface area contributed by atoms with Crippen LogP contribution >= 0.6 is 0 Å². The number of fused-ring (bicyclic) bond motifs is 4. The molecule has 9 rings (SSSR count). The fourth-order valence-corrected chi connectivity index (χ4v) is 7.83. The van der Waals surface area contributed by atoms with E-state index in [0.29, 0.717) is 0 Å². The van der Waals surface area contributed by atoms with Crippen molar-refractivity contribution in [3.63, 3.8) is 0 Å². The molecule has 0 saturated carbocycles. The van der Waals surface area contributed by atoms with Crippen molar-refractivity contribution in [1.82, 2.24) is 0 Å². The Morgan fingerprint density at radius 2 is 0.920 bits per heavy atom. The highest BCUT2D eigenvalue weighted by atomic mass is 14.2. The summed E-state index contributed by atoms with van der Waals surface area (Å²) in [5.41, 5.74) is 8.86. The summed E-state index contributed by atoms with van der Waals surface area (Å²) in [5.74, 6) is 0. The summed E-state index contributed by atoms with van der Waals surface area (Å²) in [7, 11) is 0. The number of benzene rings is 9. The Balaban J connectivity index is 1.18. The van der Waals surface area contributed by atoms with Gasteiger partial charge in [-0.1, -0.05) is 176 Å². The van der Waals surface area contributed by atoms with Gasteiger partial charge >= 0.3 is 0 Å². The van der Waals surface area contributed by atoms with Gasteiger partial charge in [-0.25, -0.2) is 0 Å². The summed E-state index contributed by atoms with van der Waals surface area (Å²) in [4.78, 5) is 0. The summed E-state index contributed by atoms with van der Waals surface area (Å²) in [5, 5.41) is 12.7. The van der Waals surface area contributed by atoms with Crippen molar-refractivity contribution in [2.75, 3.05) is 0 Å². The molecule has 0 radical (unpaired) electrons. The van der Waals surface area contributed by atoms with Crippen LogP contribution in [0.4, 0.5) is 0 Å². The van der Waals surface area contributed by atoms with Gasteiger partial charge in [0.05, 0.1) is 0 Å². The maximum Gasteiger partial charge on any atom is -0.00262 e. The maximum absolute atomic E-state index is 2.37. The summed E-state index contributed by atoms with van der Waals surface area (Å²) < 4.78 is 0. The molecule has 0 unspecified atom stereocenters. The molecule has 9 aromatic rings. The van der Waals surface area contributed by atoms with Crippen molar-refractivity contribution in [2.24, 2.45) is 0 Å². The smallest absolute Gasteiger partial charge is 0.00262 e. The van der Waals surface area contributed by atoms with E-state index in [-0.39, 0.29) is 0 Å². The molecule has 0 aromatic heterocycles.